The second kappa shape index (κ2) is 7.42. The van der Waals surface area contributed by atoms with Crippen LogP contribution in [0.15, 0.2) is 23.8 Å². The van der Waals surface area contributed by atoms with Crippen molar-refractivity contribution < 1.29 is 43.0 Å². The summed E-state index contributed by atoms with van der Waals surface area (Å²) in [6, 6.07) is 0. The van der Waals surface area contributed by atoms with Crippen LogP contribution in [-0.2, 0) is 28.2 Å². The minimum Gasteiger partial charge on any atom is -0.388 e. The van der Waals surface area contributed by atoms with E-state index in [1.165, 1.54) is 6.08 Å². The van der Waals surface area contributed by atoms with Gasteiger partial charge in [-0.1, -0.05) is 25.5 Å². The van der Waals surface area contributed by atoms with Crippen molar-refractivity contribution in [3.05, 3.63) is 23.8 Å². The Morgan fingerprint density at radius 1 is 1.26 bits per heavy atom. The molecule has 1 saturated heterocycles. The summed E-state index contributed by atoms with van der Waals surface area (Å²) >= 11 is 0. The lowest BCUT2D eigenvalue weighted by molar-refractivity contribution is -0.224. The van der Waals surface area contributed by atoms with Gasteiger partial charge in [-0.05, 0) is 63.5 Å². The monoisotopic (exact) mass is 496 g/mol. The number of ether oxygens (including phenoxy) is 2. The first-order chi connectivity index (χ1) is 15.7. The maximum Gasteiger partial charge on any atom is 0.469 e. The summed E-state index contributed by atoms with van der Waals surface area (Å²) in [6.07, 6.45) is 5.56. The molecule has 5 aliphatic rings. The van der Waals surface area contributed by atoms with E-state index in [-0.39, 0.29) is 30.0 Å². The van der Waals surface area contributed by atoms with Crippen LogP contribution < -0.4 is 0 Å². The highest BCUT2D eigenvalue weighted by atomic mass is 31.2. The first-order valence-corrected chi connectivity index (χ1v) is 13.4. The van der Waals surface area contributed by atoms with Gasteiger partial charge in [-0.2, -0.15) is 0 Å². The molecule has 1 heterocycles. The quantitative estimate of drug-likeness (QED) is 0.501. The van der Waals surface area contributed by atoms with Gasteiger partial charge in [-0.25, -0.2) is 4.57 Å². The van der Waals surface area contributed by atoms with Gasteiger partial charge < -0.3 is 24.4 Å². The zero-order valence-corrected chi connectivity index (χ0v) is 20.8. The number of allylic oxidation sites excluding steroid dienone is 4. The molecular weight excluding hydrogens is 463 g/mol. The third-order valence-corrected chi connectivity index (χ3v) is 9.84. The largest absolute Gasteiger partial charge is 0.469 e. The molecule has 4 fully saturated rings. The van der Waals surface area contributed by atoms with Crippen LogP contribution in [-0.4, -0.2) is 56.7 Å². The normalized spacial score (nSPS) is 46.9. The van der Waals surface area contributed by atoms with Crippen molar-refractivity contribution in [3.63, 3.8) is 0 Å². The highest BCUT2D eigenvalue weighted by Gasteiger charge is 2.77. The lowest BCUT2D eigenvalue weighted by Gasteiger charge is -2.60. The van der Waals surface area contributed by atoms with Crippen LogP contribution >= 0.6 is 7.82 Å². The van der Waals surface area contributed by atoms with E-state index in [1.807, 2.05) is 19.9 Å². The molecule has 10 heteroatoms. The summed E-state index contributed by atoms with van der Waals surface area (Å²) in [6.45, 7) is 6.65. The molecule has 8 atom stereocenters. The topological polar surface area (TPSA) is 140 Å². The fourth-order valence-corrected chi connectivity index (χ4v) is 8.84. The number of phosphoric ester groups is 1. The van der Waals surface area contributed by atoms with Crippen LogP contribution in [0.25, 0.3) is 0 Å². The molecule has 0 unspecified atom stereocenters. The van der Waals surface area contributed by atoms with Crippen molar-refractivity contribution >= 4 is 19.4 Å². The molecule has 0 radical (unpaired) electrons. The number of aliphatic hydroxyl groups is 1. The van der Waals surface area contributed by atoms with E-state index in [0.717, 1.165) is 5.57 Å². The van der Waals surface area contributed by atoms with Gasteiger partial charge in [-0.3, -0.25) is 14.1 Å². The summed E-state index contributed by atoms with van der Waals surface area (Å²) in [5, 5.41) is 9.93. The minimum absolute atomic E-state index is 0.0559. The fraction of sp³-hybridized carbons (Fsp3) is 0.750. The second-order valence-corrected chi connectivity index (χ2v) is 12.6. The highest BCUT2D eigenvalue weighted by Crippen LogP contribution is 2.71. The Kier molecular flexibility index (Phi) is 5.34. The lowest BCUT2D eigenvalue weighted by atomic mass is 9.46. The third kappa shape index (κ3) is 3.25. The number of phosphoric acid groups is 1. The van der Waals surface area contributed by atoms with Crippen LogP contribution in [0.2, 0.25) is 0 Å². The first-order valence-electron chi connectivity index (χ1n) is 11.9. The van der Waals surface area contributed by atoms with Crippen molar-refractivity contribution in [2.24, 2.45) is 28.6 Å². The molecular formula is C24H33O9P. The van der Waals surface area contributed by atoms with E-state index >= 15 is 0 Å². The molecule has 0 aromatic rings. The Bertz CT molecular complexity index is 1040. The average Bonchev–Trinajstić information content (AvgIpc) is 3.12. The zero-order chi connectivity index (χ0) is 24.9. The number of Topliss-reactive ketones (excluding diaryl/α,β-unsaturated/α-hetero) is 1. The summed E-state index contributed by atoms with van der Waals surface area (Å²) < 4.78 is 30.1. The SMILES string of the molecule is CC1(C)O[C@@H]2C[C@H]3[C@@H]4CCC5=CC(=O)C=C[C@]5(C)[C@H]4[C@@H](OP(=O)(O)O)C[C@]3(C)[C@]2(C(=O)CO)O1. The predicted octanol–water partition coefficient (Wildman–Crippen LogP) is 2.44. The number of hydrogen-bond acceptors (Lipinski definition) is 7. The highest BCUT2D eigenvalue weighted by molar-refractivity contribution is 7.46. The van der Waals surface area contributed by atoms with Crippen molar-refractivity contribution in [1.29, 1.82) is 0 Å². The number of ketones is 2. The maximum absolute atomic E-state index is 13.3. The van der Waals surface area contributed by atoms with Crippen LogP contribution in [0.4, 0.5) is 0 Å². The first kappa shape index (κ1) is 24.5. The third-order valence-electron chi connectivity index (χ3n) is 9.30. The van der Waals surface area contributed by atoms with E-state index in [9.17, 15) is 29.0 Å². The number of fused-ring (bicyclic) bond motifs is 7. The lowest BCUT2D eigenvalue weighted by Crippen LogP contribution is -2.64. The molecule has 0 bridgehead atoms. The molecule has 1 aliphatic heterocycles. The van der Waals surface area contributed by atoms with Gasteiger partial charge in [0.15, 0.2) is 23.0 Å². The molecule has 3 N–H and O–H groups in total. The van der Waals surface area contributed by atoms with Crippen LogP contribution in [0.5, 0.6) is 0 Å². The predicted molar refractivity (Wildman–Crippen MR) is 119 cm³/mol. The summed E-state index contributed by atoms with van der Waals surface area (Å²) in [4.78, 5) is 45.1. The molecule has 188 valence electrons. The maximum atomic E-state index is 13.3. The van der Waals surface area contributed by atoms with Crippen LogP contribution in [0, 0.1) is 28.6 Å². The van der Waals surface area contributed by atoms with E-state index in [1.54, 1.807) is 19.9 Å². The Labute approximate surface area is 198 Å². The molecule has 4 aliphatic carbocycles. The number of rotatable bonds is 4. The zero-order valence-electron chi connectivity index (χ0n) is 19.9. The second-order valence-electron chi connectivity index (χ2n) is 11.4. The Morgan fingerprint density at radius 2 is 1.97 bits per heavy atom. The van der Waals surface area contributed by atoms with Crippen molar-refractivity contribution in [1.82, 2.24) is 0 Å². The fourth-order valence-electron chi connectivity index (χ4n) is 8.28. The van der Waals surface area contributed by atoms with Gasteiger partial charge in [0.1, 0.15) is 6.61 Å². The Balaban J connectivity index is 1.65. The van der Waals surface area contributed by atoms with E-state index < -0.39 is 54.6 Å². The average molecular weight is 496 g/mol. The Morgan fingerprint density at radius 3 is 2.62 bits per heavy atom. The molecule has 3 saturated carbocycles. The molecule has 0 aromatic heterocycles. The summed E-state index contributed by atoms with van der Waals surface area (Å²) in [5.41, 5.74) is -1.98. The Hall–Kier alpha value is -1.19. The van der Waals surface area contributed by atoms with E-state index in [4.69, 9.17) is 14.0 Å². The van der Waals surface area contributed by atoms with Gasteiger partial charge in [0, 0.05) is 16.7 Å². The molecule has 0 spiro atoms. The van der Waals surface area contributed by atoms with E-state index in [0.29, 0.717) is 19.3 Å². The smallest absolute Gasteiger partial charge is 0.388 e. The number of aliphatic hydroxyl groups excluding tert-OH is 1. The molecule has 34 heavy (non-hydrogen) atoms. The summed E-state index contributed by atoms with van der Waals surface area (Å²) in [5.74, 6) is -2.04. The van der Waals surface area contributed by atoms with Gasteiger partial charge >= 0.3 is 7.82 Å². The molecule has 5 rings (SSSR count). The number of hydrogen-bond donors (Lipinski definition) is 3. The van der Waals surface area contributed by atoms with Gasteiger partial charge in [0.05, 0.1) is 12.2 Å². The molecule has 9 nitrogen and oxygen atoms in total. The van der Waals surface area contributed by atoms with Gasteiger partial charge in [-0.15, -0.1) is 0 Å². The minimum atomic E-state index is -4.88. The van der Waals surface area contributed by atoms with Crippen molar-refractivity contribution in [2.75, 3.05) is 6.61 Å². The van der Waals surface area contributed by atoms with Gasteiger partial charge in [0.25, 0.3) is 0 Å². The van der Waals surface area contributed by atoms with Crippen molar-refractivity contribution in [3.8, 4) is 0 Å². The van der Waals surface area contributed by atoms with Crippen molar-refractivity contribution in [2.45, 2.75) is 77.0 Å². The summed E-state index contributed by atoms with van der Waals surface area (Å²) in [7, 11) is -4.88. The number of carbonyl (C=O) groups excluding carboxylic acids is 2. The van der Waals surface area contributed by atoms with Crippen LogP contribution in [0.1, 0.15) is 53.4 Å². The molecule has 0 amide bonds. The van der Waals surface area contributed by atoms with Gasteiger partial charge in [0.2, 0.25) is 0 Å². The molecule has 0 aromatic carbocycles. The van der Waals surface area contributed by atoms with E-state index in [2.05, 4.69) is 0 Å². The number of carbonyl (C=O) groups is 2. The van der Waals surface area contributed by atoms with Crippen LogP contribution in [0.3, 0.4) is 0 Å². The standard InChI is InChI=1S/C24H33O9P/c1-21(2)31-19-10-16-15-6-5-13-9-14(26)7-8-22(13,3)20(15)17(32-34(28,29)30)11-23(16,4)24(19,33-21)18(27)12-25/h7-9,15-17,19-20,25H,5-6,10-12H2,1-4H3,(H2,28,29,30)/t15-,16-,17-,19+,20+,22-,23-,24+/m0/s1.